The second kappa shape index (κ2) is 4.88. The van der Waals surface area contributed by atoms with E-state index in [1.165, 1.54) is 22.3 Å². The molecule has 0 unspecified atom stereocenters. The molecule has 3 aromatic rings. The Morgan fingerprint density at radius 1 is 1.24 bits per heavy atom. The van der Waals surface area contributed by atoms with Crippen molar-refractivity contribution in [2.75, 3.05) is 11.9 Å². The maximum absolute atomic E-state index is 4.85. The second-order valence-corrected chi connectivity index (χ2v) is 6.28. The van der Waals surface area contributed by atoms with E-state index in [2.05, 4.69) is 69.1 Å². The molecule has 1 aromatic heterocycles. The molecule has 1 aliphatic rings. The van der Waals surface area contributed by atoms with E-state index in [-0.39, 0.29) is 0 Å². The van der Waals surface area contributed by atoms with Crippen molar-refractivity contribution in [3.8, 4) is 11.4 Å². The van der Waals surface area contributed by atoms with Gasteiger partial charge in [0, 0.05) is 28.8 Å². The first kappa shape index (κ1) is 12.9. The molecule has 0 radical (unpaired) electrons. The monoisotopic (exact) mass is 341 g/mol. The quantitative estimate of drug-likeness (QED) is 0.745. The summed E-state index contributed by atoms with van der Waals surface area (Å²) in [6.07, 6.45) is 1.10. The summed E-state index contributed by atoms with van der Waals surface area (Å²) in [5, 5.41) is 3.41. The average Bonchev–Trinajstić information content (AvgIpc) is 3.09. The molecule has 0 atom stereocenters. The van der Waals surface area contributed by atoms with Crippen LogP contribution in [-0.4, -0.2) is 16.1 Å². The van der Waals surface area contributed by atoms with Crippen molar-refractivity contribution in [3.05, 3.63) is 46.4 Å². The summed E-state index contributed by atoms with van der Waals surface area (Å²) in [5.41, 5.74) is 6.09. The highest BCUT2D eigenvalue weighted by atomic mass is 79.9. The number of fused-ring (bicyclic) bond motifs is 2. The Hall–Kier alpha value is -1.81. The van der Waals surface area contributed by atoms with Crippen LogP contribution < -0.4 is 5.32 Å². The third-order valence-corrected chi connectivity index (χ3v) is 4.59. The van der Waals surface area contributed by atoms with Crippen LogP contribution in [0.15, 0.2) is 40.9 Å². The number of aromatic nitrogens is 2. The maximum Gasteiger partial charge on any atom is 0.141 e. The molecule has 0 aliphatic carbocycles. The number of benzene rings is 2. The van der Waals surface area contributed by atoms with Gasteiger partial charge in [0.25, 0.3) is 0 Å². The predicted molar refractivity (Wildman–Crippen MR) is 90.7 cm³/mol. The van der Waals surface area contributed by atoms with Gasteiger partial charge >= 0.3 is 0 Å². The summed E-state index contributed by atoms with van der Waals surface area (Å²) in [6, 6.07) is 12.9. The van der Waals surface area contributed by atoms with Crippen molar-refractivity contribution in [1.29, 1.82) is 0 Å². The zero-order valence-corrected chi connectivity index (χ0v) is 13.4. The van der Waals surface area contributed by atoms with E-state index in [9.17, 15) is 0 Å². The number of imidazole rings is 1. The molecule has 3 nitrogen and oxygen atoms in total. The summed E-state index contributed by atoms with van der Waals surface area (Å²) in [4.78, 5) is 4.85. The van der Waals surface area contributed by atoms with E-state index >= 15 is 0 Å². The van der Waals surface area contributed by atoms with Crippen LogP contribution in [0, 0.1) is 0 Å². The third-order valence-electron chi connectivity index (χ3n) is 4.10. The molecule has 1 N–H and O–H groups in total. The SMILES string of the molecule is CCn1c(-c2ccc3c(c2)CCN3)nc2cc(Br)ccc21. The molecule has 21 heavy (non-hydrogen) atoms. The molecule has 0 spiro atoms. The number of aryl methyl sites for hydroxylation is 1. The number of anilines is 1. The minimum atomic E-state index is 0.919. The zero-order valence-electron chi connectivity index (χ0n) is 11.9. The fraction of sp³-hybridized carbons (Fsp3) is 0.235. The van der Waals surface area contributed by atoms with Crippen LogP contribution in [0.5, 0.6) is 0 Å². The molecule has 4 heteroatoms. The van der Waals surface area contributed by atoms with Crippen molar-refractivity contribution < 1.29 is 0 Å². The first-order valence-electron chi connectivity index (χ1n) is 7.29. The summed E-state index contributed by atoms with van der Waals surface area (Å²) >= 11 is 3.53. The predicted octanol–water partition coefficient (Wildman–Crippen LogP) is 4.45. The number of nitrogens with one attached hydrogen (secondary N) is 1. The van der Waals surface area contributed by atoms with E-state index in [0.29, 0.717) is 0 Å². The minimum absolute atomic E-state index is 0.919. The molecule has 4 rings (SSSR count). The van der Waals surface area contributed by atoms with Crippen molar-refractivity contribution in [2.45, 2.75) is 19.9 Å². The molecule has 2 aromatic carbocycles. The average molecular weight is 342 g/mol. The highest BCUT2D eigenvalue weighted by Gasteiger charge is 2.15. The number of hydrogen-bond donors (Lipinski definition) is 1. The van der Waals surface area contributed by atoms with Gasteiger partial charge in [-0.3, -0.25) is 0 Å². The van der Waals surface area contributed by atoms with Gasteiger partial charge in [-0.05, 0) is 55.3 Å². The fourth-order valence-electron chi connectivity index (χ4n) is 3.09. The molecule has 0 saturated carbocycles. The number of hydrogen-bond acceptors (Lipinski definition) is 2. The van der Waals surface area contributed by atoms with Crippen LogP contribution in [0.25, 0.3) is 22.4 Å². The van der Waals surface area contributed by atoms with E-state index in [0.717, 1.165) is 35.3 Å². The Labute approximate surface area is 132 Å². The normalized spacial score (nSPS) is 13.4. The van der Waals surface area contributed by atoms with Crippen LogP contribution in [-0.2, 0) is 13.0 Å². The van der Waals surface area contributed by atoms with E-state index < -0.39 is 0 Å². The van der Waals surface area contributed by atoms with Gasteiger partial charge in [0.2, 0.25) is 0 Å². The number of rotatable bonds is 2. The Kier molecular flexibility index (Phi) is 3.00. The van der Waals surface area contributed by atoms with Gasteiger partial charge in [0.15, 0.2) is 0 Å². The molecule has 0 fully saturated rings. The lowest BCUT2D eigenvalue weighted by atomic mass is 10.1. The van der Waals surface area contributed by atoms with Gasteiger partial charge < -0.3 is 9.88 Å². The minimum Gasteiger partial charge on any atom is -0.384 e. The summed E-state index contributed by atoms with van der Waals surface area (Å²) in [6.45, 7) is 4.13. The molecular weight excluding hydrogens is 326 g/mol. The first-order chi connectivity index (χ1) is 10.3. The van der Waals surface area contributed by atoms with Crippen molar-refractivity contribution in [3.63, 3.8) is 0 Å². The first-order valence-corrected chi connectivity index (χ1v) is 8.08. The molecule has 0 saturated heterocycles. The Morgan fingerprint density at radius 3 is 3.00 bits per heavy atom. The summed E-state index contributed by atoms with van der Waals surface area (Å²) < 4.78 is 3.35. The molecule has 106 valence electrons. The van der Waals surface area contributed by atoms with Crippen molar-refractivity contribution in [2.24, 2.45) is 0 Å². The smallest absolute Gasteiger partial charge is 0.141 e. The lowest BCUT2D eigenvalue weighted by Gasteiger charge is -2.08. The van der Waals surface area contributed by atoms with Crippen LogP contribution >= 0.6 is 15.9 Å². The molecule has 0 bridgehead atoms. The Morgan fingerprint density at radius 2 is 2.14 bits per heavy atom. The number of halogens is 1. The summed E-state index contributed by atoms with van der Waals surface area (Å²) in [7, 11) is 0. The highest BCUT2D eigenvalue weighted by molar-refractivity contribution is 9.10. The maximum atomic E-state index is 4.85. The van der Waals surface area contributed by atoms with Crippen LogP contribution in [0.1, 0.15) is 12.5 Å². The molecular formula is C17H16BrN3. The van der Waals surface area contributed by atoms with E-state index in [1.54, 1.807) is 0 Å². The Bertz CT molecular complexity index is 835. The van der Waals surface area contributed by atoms with Gasteiger partial charge in [0.05, 0.1) is 11.0 Å². The topological polar surface area (TPSA) is 29.9 Å². The van der Waals surface area contributed by atoms with Crippen LogP contribution in [0.4, 0.5) is 5.69 Å². The number of nitrogens with zero attached hydrogens (tertiary/aromatic N) is 2. The van der Waals surface area contributed by atoms with E-state index in [1.807, 2.05) is 0 Å². The highest BCUT2D eigenvalue weighted by Crippen LogP contribution is 2.31. The van der Waals surface area contributed by atoms with Gasteiger partial charge in [-0.25, -0.2) is 4.98 Å². The largest absolute Gasteiger partial charge is 0.384 e. The fourth-order valence-corrected chi connectivity index (χ4v) is 3.44. The van der Waals surface area contributed by atoms with Gasteiger partial charge in [-0.2, -0.15) is 0 Å². The van der Waals surface area contributed by atoms with E-state index in [4.69, 9.17) is 4.98 Å². The van der Waals surface area contributed by atoms with Crippen LogP contribution in [0.2, 0.25) is 0 Å². The molecule has 1 aliphatic heterocycles. The Balaban J connectivity index is 1.93. The standard InChI is InChI=1S/C17H16BrN3/c1-2-21-16-6-4-13(18)10-15(16)20-17(21)12-3-5-14-11(9-12)7-8-19-14/h3-6,9-10,19H,2,7-8H2,1H3. The lowest BCUT2D eigenvalue weighted by molar-refractivity contribution is 0.796. The van der Waals surface area contributed by atoms with Crippen molar-refractivity contribution >= 4 is 32.7 Å². The molecule has 0 amide bonds. The third kappa shape index (κ3) is 2.05. The van der Waals surface area contributed by atoms with Gasteiger partial charge in [0.1, 0.15) is 5.82 Å². The van der Waals surface area contributed by atoms with Crippen molar-refractivity contribution in [1.82, 2.24) is 9.55 Å². The molecule has 2 heterocycles. The second-order valence-electron chi connectivity index (χ2n) is 5.36. The zero-order chi connectivity index (χ0) is 14.4. The van der Waals surface area contributed by atoms with Gasteiger partial charge in [-0.15, -0.1) is 0 Å². The van der Waals surface area contributed by atoms with Gasteiger partial charge in [-0.1, -0.05) is 15.9 Å². The summed E-state index contributed by atoms with van der Waals surface area (Å²) in [5.74, 6) is 1.06. The van der Waals surface area contributed by atoms with Crippen LogP contribution in [0.3, 0.4) is 0 Å². The lowest BCUT2D eigenvalue weighted by Crippen LogP contribution is -1.97.